The largest absolute Gasteiger partial charge is 0.320 e. The number of nitrogens with two attached hydrogens (primary N) is 1. The van der Waals surface area contributed by atoms with E-state index in [1.54, 1.807) is 0 Å². The molecule has 50 valence electrons. The molecule has 0 aromatic heterocycles. The van der Waals surface area contributed by atoms with Gasteiger partial charge in [-0.3, -0.25) is 0 Å². The summed E-state index contributed by atoms with van der Waals surface area (Å²) in [6.07, 6.45) is 0. The van der Waals surface area contributed by atoms with Crippen molar-refractivity contribution in [1.82, 2.24) is 0 Å². The first kappa shape index (κ1) is 8.43. The third-order valence-corrected chi connectivity index (χ3v) is 0.985. The third-order valence-electron chi connectivity index (χ3n) is 0.733. The van der Waals surface area contributed by atoms with Crippen molar-refractivity contribution in [3.8, 4) is 0 Å². The molecule has 0 radical (unpaired) electrons. The van der Waals surface area contributed by atoms with Crippen LogP contribution in [0.25, 0.3) is 0 Å². The van der Waals surface area contributed by atoms with Crippen LogP contribution in [-0.4, -0.2) is 5.21 Å². The highest BCUT2D eigenvalue weighted by atomic mass is 35.5. The van der Waals surface area contributed by atoms with Crippen molar-refractivity contribution < 1.29 is 5.21 Å². The molecule has 1 rings (SSSR count). The Morgan fingerprint density at radius 2 is 1.56 bits per heavy atom. The number of halogens is 1. The van der Waals surface area contributed by atoms with Crippen LogP contribution in [0.3, 0.4) is 0 Å². The fourth-order valence-electron chi connectivity index (χ4n) is 0.415. The number of hydrogen-bond acceptors (Lipinski definition) is 2. The number of rotatable bonds is 0. The maximum absolute atomic E-state index is 6.50. The van der Waals surface area contributed by atoms with Gasteiger partial charge >= 0.3 is 0 Å². The van der Waals surface area contributed by atoms with Crippen LogP contribution in [0, 0.1) is 0 Å². The predicted molar refractivity (Wildman–Crippen MR) is 37.4 cm³/mol. The summed E-state index contributed by atoms with van der Waals surface area (Å²) in [6, 6.07) is 9.44. The van der Waals surface area contributed by atoms with E-state index < -0.39 is 0 Å². The fraction of sp³-hybridized carbons (Fsp3) is 0. The summed E-state index contributed by atoms with van der Waals surface area (Å²) >= 11 is 5.54. The molecule has 3 heteroatoms. The molecule has 1 aromatic carbocycles. The van der Waals surface area contributed by atoms with Crippen LogP contribution in [0.15, 0.2) is 30.3 Å². The molecule has 0 aliphatic rings. The van der Waals surface area contributed by atoms with Crippen LogP contribution in [0.4, 0.5) is 0 Å². The SMILES string of the molecule is Clc1ccccc1.NO. The third kappa shape index (κ3) is 3.97. The average molecular weight is 146 g/mol. The molecule has 0 saturated carbocycles. The van der Waals surface area contributed by atoms with Crippen molar-refractivity contribution in [2.45, 2.75) is 0 Å². The normalized spacial score (nSPS) is 7.44. The summed E-state index contributed by atoms with van der Waals surface area (Å²) < 4.78 is 0. The summed E-state index contributed by atoms with van der Waals surface area (Å²) in [7, 11) is 0. The molecule has 0 atom stereocenters. The van der Waals surface area contributed by atoms with Crippen LogP contribution >= 0.6 is 11.6 Å². The molecule has 0 heterocycles. The minimum absolute atomic E-state index is 0.794. The van der Waals surface area contributed by atoms with Crippen molar-refractivity contribution >= 4 is 11.6 Å². The maximum atomic E-state index is 6.50. The molecule has 0 aliphatic heterocycles. The summed E-state index contributed by atoms with van der Waals surface area (Å²) in [5.74, 6) is 3.50. The molecule has 0 aliphatic carbocycles. The van der Waals surface area contributed by atoms with E-state index in [1.165, 1.54) is 0 Å². The zero-order valence-corrected chi connectivity index (χ0v) is 5.55. The van der Waals surface area contributed by atoms with Gasteiger partial charge in [0.15, 0.2) is 0 Å². The van der Waals surface area contributed by atoms with Crippen molar-refractivity contribution in [2.24, 2.45) is 5.90 Å². The highest BCUT2D eigenvalue weighted by Crippen LogP contribution is 2.03. The molecule has 3 N–H and O–H groups in total. The average Bonchev–Trinajstić information content (AvgIpc) is 1.94. The maximum Gasteiger partial charge on any atom is 0.0405 e. The van der Waals surface area contributed by atoms with Crippen LogP contribution in [0.1, 0.15) is 0 Å². The van der Waals surface area contributed by atoms with E-state index in [2.05, 4.69) is 5.90 Å². The molecule has 0 fully saturated rings. The molecular weight excluding hydrogens is 138 g/mol. The van der Waals surface area contributed by atoms with Gasteiger partial charge in [-0.25, -0.2) is 5.90 Å². The molecule has 9 heavy (non-hydrogen) atoms. The zero-order valence-electron chi connectivity index (χ0n) is 4.79. The van der Waals surface area contributed by atoms with Gasteiger partial charge in [0.05, 0.1) is 0 Å². The first-order valence-electron chi connectivity index (χ1n) is 2.36. The van der Waals surface area contributed by atoms with Gasteiger partial charge in [-0.1, -0.05) is 29.8 Å². The van der Waals surface area contributed by atoms with Crippen molar-refractivity contribution in [1.29, 1.82) is 0 Å². The van der Waals surface area contributed by atoms with Gasteiger partial charge in [0, 0.05) is 5.02 Å². The highest BCUT2D eigenvalue weighted by molar-refractivity contribution is 6.30. The summed E-state index contributed by atoms with van der Waals surface area (Å²) in [4.78, 5) is 0. The molecule has 0 spiro atoms. The zero-order chi connectivity index (χ0) is 7.11. The molecule has 0 saturated heterocycles. The Bertz CT molecular complexity index is 143. The van der Waals surface area contributed by atoms with Crippen molar-refractivity contribution in [2.75, 3.05) is 0 Å². The number of benzene rings is 1. The predicted octanol–water partition coefficient (Wildman–Crippen LogP) is 1.67. The Morgan fingerprint density at radius 1 is 1.11 bits per heavy atom. The van der Waals surface area contributed by atoms with Gasteiger partial charge in [0.1, 0.15) is 0 Å². The Balaban J connectivity index is 0.000000291. The van der Waals surface area contributed by atoms with Crippen LogP contribution in [-0.2, 0) is 0 Å². The van der Waals surface area contributed by atoms with Crippen LogP contribution in [0.5, 0.6) is 0 Å². The quantitative estimate of drug-likeness (QED) is 0.546. The van der Waals surface area contributed by atoms with E-state index in [4.69, 9.17) is 16.8 Å². The Hall–Kier alpha value is -0.570. The smallest absolute Gasteiger partial charge is 0.0405 e. The van der Waals surface area contributed by atoms with Gasteiger partial charge in [0.25, 0.3) is 0 Å². The Morgan fingerprint density at radius 3 is 1.78 bits per heavy atom. The van der Waals surface area contributed by atoms with Gasteiger partial charge in [-0.2, -0.15) is 0 Å². The highest BCUT2D eigenvalue weighted by Gasteiger charge is 1.74. The van der Waals surface area contributed by atoms with Gasteiger partial charge in [0.2, 0.25) is 0 Å². The lowest BCUT2D eigenvalue weighted by atomic mass is 10.4. The monoisotopic (exact) mass is 145 g/mol. The minimum atomic E-state index is 0.794. The molecule has 1 aromatic rings. The first-order chi connectivity index (χ1) is 4.39. The molecule has 0 bridgehead atoms. The second kappa shape index (κ2) is 5.56. The van der Waals surface area contributed by atoms with E-state index in [0.29, 0.717) is 0 Å². The van der Waals surface area contributed by atoms with Crippen molar-refractivity contribution in [3.63, 3.8) is 0 Å². The topological polar surface area (TPSA) is 46.2 Å². The first-order valence-corrected chi connectivity index (χ1v) is 2.74. The second-order valence-electron chi connectivity index (χ2n) is 1.30. The lowest BCUT2D eigenvalue weighted by Crippen LogP contribution is -1.72. The van der Waals surface area contributed by atoms with Gasteiger partial charge < -0.3 is 5.21 Å². The van der Waals surface area contributed by atoms with E-state index in [0.717, 1.165) is 5.02 Å². The Kier molecular flexibility index (Phi) is 5.21. The van der Waals surface area contributed by atoms with E-state index >= 15 is 0 Å². The lowest BCUT2D eigenvalue weighted by molar-refractivity contribution is 0.311. The fourth-order valence-corrected chi connectivity index (χ4v) is 0.560. The van der Waals surface area contributed by atoms with Crippen LogP contribution < -0.4 is 5.90 Å². The van der Waals surface area contributed by atoms with E-state index in [1.807, 2.05) is 30.3 Å². The molecule has 2 nitrogen and oxygen atoms in total. The lowest BCUT2D eigenvalue weighted by Gasteiger charge is -1.80. The number of hydrogen-bond donors (Lipinski definition) is 2. The standard InChI is InChI=1S/C6H5Cl.H3NO/c7-6-4-2-1-3-5-6;1-2/h1-5H;2H,1H2. The molecule has 0 unspecified atom stereocenters. The summed E-state index contributed by atoms with van der Waals surface area (Å²) in [6.45, 7) is 0. The molecule has 0 amide bonds. The van der Waals surface area contributed by atoms with Gasteiger partial charge in [-0.15, -0.1) is 0 Å². The second-order valence-corrected chi connectivity index (χ2v) is 1.73. The van der Waals surface area contributed by atoms with Crippen molar-refractivity contribution in [3.05, 3.63) is 35.4 Å². The summed E-state index contributed by atoms with van der Waals surface area (Å²) in [5, 5.41) is 7.29. The molecular formula is C6H8ClNO. The Labute approximate surface area is 58.8 Å². The van der Waals surface area contributed by atoms with Crippen LogP contribution in [0.2, 0.25) is 5.02 Å². The minimum Gasteiger partial charge on any atom is -0.320 e. The van der Waals surface area contributed by atoms with Gasteiger partial charge in [-0.05, 0) is 12.1 Å². The summed E-state index contributed by atoms with van der Waals surface area (Å²) in [5.41, 5.74) is 0. The van der Waals surface area contributed by atoms with E-state index in [9.17, 15) is 0 Å². The van der Waals surface area contributed by atoms with E-state index in [-0.39, 0.29) is 0 Å².